The molecule has 25 nitrogen and oxygen atoms in total. The Balaban J connectivity index is 0.000000302. The third-order valence-electron chi connectivity index (χ3n) is 16.1. The monoisotopic (exact) mass is 1300 g/mol. The highest BCUT2D eigenvalue weighted by Crippen LogP contribution is 2.52. The summed E-state index contributed by atoms with van der Waals surface area (Å²) in [5.41, 5.74) is 17.3. The minimum Gasteiger partial charge on any atom is -0.481 e. The van der Waals surface area contributed by atoms with Gasteiger partial charge in [-0.05, 0) is 91.7 Å². The molecule has 2 aromatic carbocycles. The average Bonchev–Trinajstić information content (AvgIpc) is 1.61. The average molecular weight is 1300 g/mol. The number of fused-ring (bicyclic) bond motifs is 7. The predicted molar refractivity (Wildman–Crippen MR) is 344 cm³/mol. The number of aliphatic carboxylic acids is 1. The molecule has 3 fully saturated rings. The Kier molecular flexibility index (Phi) is 36.5. The first kappa shape index (κ1) is 78.0. The first-order valence-corrected chi connectivity index (χ1v) is 32.5. The summed E-state index contributed by atoms with van der Waals surface area (Å²) in [7, 11) is 0. The van der Waals surface area contributed by atoms with E-state index in [4.69, 9.17) is 45.6 Å². The molecular formula is C68H101N7O18. The largest absolute Gasteiger partial charge is 0.481 e. The van der Waals surface area contributed by atoms with Crippen molar-refractivity contribution in [3.63, 3.8) is 0 Å². The van der Waals surface area contributed by atoms with Crippen molar-refractivity contribution >= 4 is 59.4 Å². The van der Waals surface area contributed by atoms with Crippen molar-refractivity contribution in [2.45, 2.75) is 124 Å². The van der Waals surface area contributed by atoms with Crippen LogP contribution in [0.25, 0.3) is 0 Å². The van der Waals surface area contributed by atoms with E-state index in [0.29, 0.717) is 58.8 Å². The van der Waals surface area contributed by atoms with Crippen LogP contribution in [0.5, 0.6) is 0 Å². The number of allylic oxidation sites excluding steroid dienone is 4. The van der Waals surface area contributed by atoms with Gasteiger partial charge in [0.2, 0.25) is 17.7 Å². The van der Waals surface area contributed by atoms with Crippen LogP contribution in [-0.2, 0) is 84.7 Å². The summed E-state index contributed by atoms with van der Waals surface area (Å²) in [6.07, 6.45) is 9.51. The summed E-state index contributed by atoms with van der Waals surface area (Å²) in [5.74, 6) is -2.82. The minimum absolute atomic E-state index is 0.00957. The van der Waals surface area contributed by atoms with Gasteiger partial charge in [-0.2, -0.15) is 0 Å². The highest BCUT2D eigenvalue weighted by Gasteiger charge is 2.58. The second-order valence-corrected chi connectivity index (χ2v) is 24.4. The van der Waals surface area contributed by atoms with Crippen LogP contribution in [0.15, 0.2) is 85.0 Å². The van der Waals surface area contributed by atoms with E-state index in [-0.39, 0.29) is 143 Å². The highest BCUT2D eigenvalue weighted by molar-refractivity contribution is 5.98. The lowest BCUT2D eigenvalue weighted by Gasteiger charge is -2.24. The second-order valence-electron chi connectivity index (χ2n) is 24.4. The molecule has 5 aliphatic rings. The van der Waals surface area contributed by atoms with E-state index in [9.17, 15) is 53.1 Å². The van der Waals surface area contributed by atoms with Gasteiger partial charge in [0.1, 0.15) is 13.2 Å². The Hall–Kier alpha value is -7.42. The first-order valence-electron chi connectivity index (χ1n) is 32.5. The van der Waals surface area contributed by atoms with Gasteiger partial charge in [0.25, 0.3) is 0 Å². The van der Waals surface area contributed by atoms with Gasteiger partial charge in [0.15, 0.2) is 11.6 Å². The summed E-state index contributed by atoms with van der Waals surface area (Å²) in [5, 5.41) is 17.3. The van der Waals surface area contributed by atoms with Crippen LogP contribution in [-0.4, -0.2) is 167 Å². The smallest absolute Gasteiger partial charge is 0.408 e. The van der Waals surface area contributed by atoms with Gasteiger partial charge in [-0.25, -0.2) is 9.59 Å². The maximum absolute atomic E-state index is 12.6. The molecule has 5 amide bonds. The Morgan fingerprint density at radius 2 is 0.978 bits per heavy atom. The second kappa shape index (κ2) is 43.5. The van der Waals surface area contributed by atoms with Crippen LogP contribution >= 0.6 is 0 Å². The number of carbonyl (C=O) groups is 10. The Morgan fingerprint density at radius 3 is 1.39 bits per heavy atom. The number of carboxylic acid groups (broad SMARTS) is 1. The summed E-state index contributed by atoms with van der Waals surface area (Å²) < 4.78 is 36.4. The molecular weight excluding hydrogens is 1200 g/mol. The van der Waals surface area contributed by atoms with Crippen molar-refractivity contribution in [1.29, 1.82) is 0 Å². The van der Waals surface area contributed by atoms with E-state index in [1.165, 1.54) is 19.6 Å². The molecule has 2 aromatic rings. The summed E-state index contributed by atoms with van der Waals surface area (Å²) in [4.78, 5) is 120. The maximum atomic E-state index is 12.6. The zero-order valence-electron chi connectivity index (χ0n) is 54.8. The number of cyclic esters (lactones) is 2. The zero-order valence-corrected chi connectivity index (χ0v) is 54.8. The van der Waals surface area contributed by atoms with Crippen molar-refractivity contribution < 1.29 is 86.2 Å². The van der Waals surface area contributed by atoms with Crippen LogP contribution < -0.4 is 33.2 Å². The zero-order chi connectivity index (χ0) is 68.1. The van der Waals surface area contributed by atoms with E-state index in [2.05, 4.69) is 60.2 Å². The number of nitrogens with two attached hydrogens (primary N) is 3. The number of hydrogen-bond acceptors (Lipinski definition) is 19. The number of esters is 2. The fraction of sp³-hybridized carbons (Fsp3) is 0.618. The number of alkyl carbamates (subject to hydrolysis) is 2. The number of Topliss-reactive ketones (excluding diaryl/α,β-unsaturated/α-hetero) is 2. The number of nitrogens with zero attached hydrogens (tertiary/aromatic N) is 1. The van der Waals surface area contributed by atoms with Gasteiger partial charge >= 0.3 is 30.1 Å². The van der Waals surface area contributed by atoms with Crippen molar-refractivity contribution in [1.82, 2.24) is 20.9 Å². The normalized spacial score (nSPS) is 20.7. The first-order chi connectivity index (χ1) is 44.6. The number of nitrogens with one attached hydrogen (secondary N) is 3. The van der Waals surface area contributed by atoms with Crippen LogP contribution in [0.1, 0.15) is 110 Å². The van der Waals surface area contributed by atoms with Crippen molar-refractivity contribution in [2.75, 3.05) is 85.6 Å². The third-order valence-corrected chi connectivity index (χ3v) is 16.1. The van der Waals surface area contributed by atoms with E-state index in [1.54, 1.807) is 0 Å². The topological polar surface area (TPSA) is 373 Å². The SMILES string of the molecule is CCN(CC(C)C)CC(C)C.NC(=O)CCC(NC(=O)OCc1ccccc1)C(=O)CCCOCCOCCNC(=O)C1C2C=CC(C2)C1C(=O)O.NCCOCCOCCCC(=O)C(CCC(N)=O)NC(=O)OCc1ccccc1.O=C1OC(=O)C2C3C=CC(C3)C12. The molecule has 1 heterocycles. The van der Waals surface area contributed by atoms with Crippen LogP contribution in [0.2, 0.25) is 0 Å². The quantitative estimate of drug-likeness (QED) is 0.0141. The van der Waals surface area contributed by atoms with E-state index in [1.807, 2.05) is 85.0 Å². The summed E-state index contributed by atoms with van der Waals surface area (Å²) >= 11 is 0. The maximum Gasteiger partial charge on any atom is 0.408 e. The third kappa shape index (κ3) is 29.6. The predicted octanol–water partition coefficient (Wildman–Crippen LogP) is 5.59. The number of carbonyl (C=O) groups excluding carboxylic acids is 9. The number of primary amides is 2. The lowest BCUT2D eigenvalue weighted by molar-refractivity contribution is -0.155. The number of rotatable bonds is 40. The van der Waals surface area contributed by atoms with Gasteiger partial charge in [-0.1, -0.05) is 120 Å². The molecule has 10 N–H and O–H groups in total. The molecule has 25 heteroatoms. The lowest BCUT2D eigenvalue weighted by Crippen LogP contribution is -2.41. The molecule has 516 valence electrons. The molecule has 93 heavy (non-hydrogen) atoms. The number of hydrogen-bond donors (Lipinski definition) is 7. The minimum atomic E-state index is -0.934. The van der Waals surface area contributed by atoms with Crippen LogP contribution in [0.4, 0.5) is 9.59 Å². The van der Waals surface area contributed by atoms with Gasteiger partial charge in [0.05, 0.1) is 75.4 Å². The molecule has 7 rings (SSSR count). The number of ether oxygens (including phenoxy) is 7. The van der Waals surface area contributed by atoms with Crippen LogP contribution in [0, 0.1) is 59.2 Å². The molecule has 2 saturated carbocycles. The standard InChI is InChI=1S/C29H39N3O9.C20H31N3O6.C10H23N.C9H8O3/c30-24(34)11-10-22(32-29(38)41-18-19-5-2-1-3-6-19)23(33)7-4-13-39-15-16-40-14-12-31-27(35)25-20-8-9-21(17-20)26(25)28(36)37;21-10-12-28-14-13-27-11-4-7-18(24)17(8-9-19(22)25)23-20(26)29-15-16-5-2-1-3-6-16;1-6-11(7-9(2)3)8-10(4)5;10-8-6-4-1-2-5(3-4)7(6)9(11)12-8/h1-3,5-6,8-9,20-22,25-26H,4,7,10-18H2,(H2,30,34)(H,31,35)(H,32,38)(H,36,37);1-3,5-6,17H,4,7-15,21H2,(H2,22,25)(H,23,26);9-10H,6-8H2,1-5H3;1-2,4-7H,3H2. The Labute approximate surface area is 546 Å². The molecule has 0 radical (unpaired) electrons. The molecule has 0 aromatic heterocycles. The fourth-order valence-corrected chi connectivity index (χ4v) is 11.7. The lowest BCUT2D eigenvalue weighted by atomic mass is 9.82. The Bertz CT molecular complexity index is 2680. The molecule has 4 aliphatic carbocycles. The van der Waals surface area contributed by atoms with E-state index in [0.717, 1.165) is 29.4 Å². The van der Waals surface area contributed by atoms with Gasteiger partial charge in [-0.3, -0.25) is 38.4 Å². The number of benzene rings is 2. The van der Waals surface area contributed by atoms with Gasteiger partial charge in [0, 0.05) is 65.1 Å². The summed E-state index contributed by atoms with van der Waals surface area (Å²) in [6, 6.07) is 16.5. The molecule has 4 bridgehead atoms. The van der Waals surface area contributed by atoms with Gasteiger partial charge in [-0.15, -0.1) is 0 Å². The number of amides is 5. The van der Waals surface area contributed by atoms with E-state index < -0.39 is 53.9 Å². The summed E-state index contributed by atoms with van der Waals surface area (Å²) in [6.45, 7) is 18.8. The van der Waals surface area contributed by atoms with Crippen molar-refractivity contribution in [2.24, 2.45) is 76.4 Å². The molecule has 10 unspecified atom stereocenters. The van der Waals surface area contributed by atoms with E-state index >= 15 is 0 Å². The fourth-order valence-electron chi connectivity index (χ4n) is 11.7. The number of ketones is 2. The van der Waals surface area contributed by atoms with Crippen molar-refractivity contribution in [3.8, 4) is 0 Å². The molecule has 1 saturated heterocycles. The van der Waals surface area contributed by atoms with Crippen LogP contribution in [0.3, 0.4) is 0 Å². The highest BCUT2D eigenvalue weighted by atomic mass is 16.6. The van der Waals surface area contributed by atoms with Gasteiger partial charge < -0.3 is 76.3 Å². The molecule has 1 aliphatic heterocycles. The Morgan fingerprint density at radius 1 is 0.570 bits per heavy atom. The number of carboxylic acids is 1. The van der Waals surface area contributed by atoms with Crippen molar-refractivity contribution in [3.05, 3.63) is 96.1 Å². The molecule has 10 atom stereocenters. The molecule has 0 spiro atoms.